The molecular weight excluding hydrogens is 368 g/mol. The number of amides is 2. The van der Waals surface area contributed by atoms with Gasteiger partial charge in [0.25, 0.3) is 11.8 Å². The van der Waals surface area contributed by atoms with Crippen LogP contribution in [0.5, 0.6) is 0 Å². The number of likely N-dealkylation sites (tertiary alicyclic amines) is 3. The zero-order valence-corrected chi connectivity index (χ0v) is 16.2. The molecule has 2 atom stereocenters. The Morgan fingerprint density at radius 1 is 1.14 bits per heavy atom. The molecule has 3 saturated heterocycles. The minimum Gasteiger partial charge on any atom is -0.342 e. The lowest BCUT2D eigenvalue weighted by atomic mass is 9.67. The Morgan fingerprint density at radius 3 is 2.57 bits per heavy atom. The third-order valence-corrected chi connectivity index (χ3v) is 6.63. The number of alkyl halides is 2. The Hall–Kier alpha value is -2.03. The summed E-state index contributed by atoms with van der Waals surface area (Å²) in [7, 11) is 1.99. The first-order chi connectivity index (χ1) is 13.3. The Bertz CT molecular complexity index is 731. The van der Waals surface area contributed by atoms with Gasteiger partial charge in [0.15, 0.2) is 5.82 Å². The predicted octanol–water partition coefficient (Wildman–Crippen LogP) is 1.59. The van der Waals surface area contributed by atoms with E-state index in [1.54, 1.807) is 16.0 Å². The quantitative estimate of drug-likeness (QED) is 0.826. The van der Waals surface area contributed by atoms with Crippen LogP contribution in [0, 0.1) is 5.41 Å². The van der Waals surface area contributed by atoms with Gasteiger partial charge in [-0.2, -0.15) is 0 Å². The van der Waals surface area contributed by atoms with E-state index < -0.39 is 11.3 Å². The molecule has 0 aliphatic carbocycles. The number of carbonyl (C=O) groups is 2. The highest BCUT2D eigenvalue weighted by Gasteiger charge is 2.55. The Labute approximate surface area is 163 Å². The van der Waals surface area contributed by atoms with E-state index in [0.717, 1.165) is 13.0 Å². The van der Waals surface area contributed by atoms with Gasteiger partial charge in [0.05, 0.1) is 11.5 Å². The summed E-state index contributed by atoms with van der Waals surface area (Å²) in [6.45, 7) is 2.10. The third kappa shape index (κ3) is 3.29. The molecule has 3 aliphatic heterocycles. The minimum atomic E-state index is -2.69. The second-order valence-corrected chi connectivity index (χ2v) is 8.37. The van der Waals surface area contributed by atoms with Gasteiger partial charge in [0.1, 0.15) is 0 Å². The van der Waals surface area contributed by atoms with Crippen LogP contribution in [0.4, 0.5) is 8.78 Å². The van der Waals surface area contributed by atoms with Crippen LogP contribution in [0.2, 0.25) is 0 Å². The number of H-pyrrole nitrogens is 1. The molecule has 0 radical (unpaired) electrons. The lowest BCUT2D eigenvalue weighted by Gasteiger charge is -2.54. The fourth-order valence-electron chi connectivity index (χ4n) is 5.00. The lowest BCUT2D eigenvalue weighted by Crippen LogP contribution is -2.67. The summed E-state index contributed by atoms with van der Waals surface area (Å²) in [5.41, 5.74) is -0.695. The molecule has 0 spiro atoms. The van der Waals surface area contributed by atoms with E-state index in [1.807, 2.05) is 7.05 Å². The summed E-state index contributed by atoms with van der Waals surface area (Å²) < 4.78 is 27.2. The molecule has 2 amide bonds. The minimum absolute atomic E-state index is 0.0574. The molecule has 154 valence electrons. The van der Waals surface area contributed by atoms with Crippen molar-refractivity contribution in [3.05, 3.63) is 18.2 Å². The molecule has 9 heteroatoms. The monoisotopic (exact) mass is 395 g/mol. The van der Waals surface area contributed by atoms with Gasteiger partial charge in [-0.05, 0) is 32.9 Å². The zero-order valence-electron chi connectivity index (χ0n) is 16.2. The average Bonchev–Trinajstić information content (AvgIpc) is 3.21. The zero-order chi connectivity index (χ0) is 19.9. The first-order valence-corrected chi connectivity index (χ1v) is 9.98. The summed E-state index contributed by atoms with van der Waals surface area (Å²) in [6.07, 6.45) is 4.64. The smallest absolute Gasteiger partial charge is 0.289 e. The van der Waals surface area contributed by atoms with E-state index in [0.29, 0.717) is 25.9 Å². The Balaban J connectivity index is 1.61. The van der Waals surface area contributed by atoms with Crippen molar-refractivity contribution >= 4 is 11.8 Å². The summed E-state index contributed by atoms with van der Waals surface area (Å²) in [5.74, 6) is -2.67. The number of imidazole rings is 1. The van der Waals surface area contributed by atoms with E-state index in [9.17, 15) is 18.4 Å². The highest BCUT2D eigenvalue weighted by Crippen LogP contribution is 2.45. The van der Waals surface area contributed by atoms with Crippen LogP contribution in [0.3, 0.4) is 0 Å². The number of aromatic nitrogens is 2. The average molecular weight is 395 g/mol. The SMILES string of the molecule is CN1CC[C@]2(C(=O)N3CCC(F)(F)CC3)CCCN(C(=O)c3ncc[nH]3)[C@H]2C1. The van der Waals surface area contributed by atoms with Crippen LogP contribution in [0.15, 0.2) is 12.4 Å². The van der Waals surface area contributed by atoms with Crippen molar-refractivity contribution in [2.24, 2.45) is 5.41 Å². The van der Waals surface area contributed by atoms with Gasteiger partial charge in [-0.1, -0.05) is 0 Å². The molecule has 0 saturated carbocycles. The van der Waals surface area contributed by atoms with Crippen LogP contribution in [0.25, 0.3) is 0 Å². The third-order valence-electron chi connectivity index (χ3n) is 6.63. The van der Waals surface area contributed by atoms with Crippen LogP contribution < -0.4 is 0 Å². The van der Waals surface area contributed by atoms with Crippen molar-refractivity contribution in [3.8, 4) is 0 Å². The van der Waals surface area contributed by atoms with Crippen molar-refractivity contribution < 1.29 is 18.4 Å². The highest BCUT2D eigenvalue weighted by atomic mass is 19.3. The lowest BCUT2D eigenvalue weighted by molar-refractivity contribution is -0.159. The van der Waals surface area contributed by atoms with Crippen LogP contribution in [-0.2, 0) is 4.79 Å². The second-order valence-electron chi connectivity index (χ2n) is 8.37. The van der Waals surface area contributed by atoms with E-state index >= 15 is 0 Å². The normalized spacial score (nSPS) is 30.8. The van der Waals surface area contributed by atoms with Crippen molar-refractivity contribution in [2.75, 3.05) is 39.8 Å². The fourth-order valence-corrected chi connectivity index (χ4v) is 5.00. The maximum Gasteiger partial charge on any atom is 0.289 e. The first-order valence-electron chi connectivity index (χ1n) is 9.98. The highest BCUT2D eigenvalue weighted by molar-refractivity contribution is 5.92. The molecule has 0 bridgehead atoms. The van der Waals surface area contributed by atoms with Crippen molar-refractivity contribution in [2.45, 2.75) is 44.1 Å². The molecule has 3 aliphatic rings. The number of nitrogens with one attached hydrogen (secondary N) is 1. The topological polar surface area (TPSA) is 72.5 Å². The van der Waals surface area contributed by atoms with Crippen molar-refractivity contribution in [3.63, 3.8) is 0 Å². The van der Waals surface area contributed by atoms with Gasteiger partial charge in [0, 0.05) is 51.4 Å². The van der Waals surface area contributed by atoms with Crippen LogP contribution >= 0.6 is 0 Å². The number of halogens is 2. The number of nitrogens with zero attached hydrogens (tertiary/aromatic N) is 4. The maximum atomic E-state index is 13.6. The molecule has 1 aromatic heterocycles. The van der Waals surface area contributed by atoms with E-state index in [1.165, 1.54) is 6.20 Å². The number of likely N-dealkylation sites (N-methyl/N-ethyl adjacent to an activating group) is 1. The van der Waals surface area contributed by atoms with Gasteiger partial charge in [0.2, 0.25) is 5.91 Å². The number of aromatic amines is 1. The largest absolute Gasteiger partial charge is 0.342 e. The molecule has 0 aromatic carbocycles. The van der Waals surface area contributed by atoms with Gasteiger partial charge in [-0.25, -0.2) is 13.8 Å². The van der Waals surface area contributed by atoms with E-state index in [4.69, 9.17) is 0 Å². The standard InChI is InChI=1S/C19H27F2N5O2/c1-24-10-4-18(17(28)25-11-5-19(20,21)6-12-25)3-2-9-26(14(18)13-24)16(27)15-22-7-8-23-15/h7-8,14H,2-6,9-13H2,1H3,(H,22,23)/t14-,18+/m0/s1. The summed E-state index contributed by atoms with van der Waals surface area (Å²) in [4.78, 5) is 39.1. The summed E-state index contributed by atoms with van der Waals surface area (Å²) in [6, 6.07) is -0.271. The van der Waals surface area contributed by atoms with Gasteiger partial charge >= 0.3 is 0 Å². The molecule has 3 fully saturated rings. The van der Waals surface area contributed by atoms with Gasteiger partial charge in [-0.15, -0.1) is 0 Å². The van der Waals surface area contributed by atoms with E-state index in [2.05, 4.69) is 14.9 Å². The molecule has 7 nitrogen and oxygen atoms in total. The second kappa shape index (κ2) is 7.09. The first kappa shape index (κ1) is 19.3. The molecule has 1 N–H and O–H groups in total. The molecule has 0 unspecified atom stereocenters. The van der Waals surface area contributed by atoms with Crippen molar-refractivity contribution in [1.29, 1.82) is 0 Å². The molecule has 28 heavy (non-hydrogen) atoms. The van der Waals surface area contributed by atoms with Gasteiger partial charge in [-0.3, -0.25) is 9.59 Å². The van der Waals surface area contributed by atoms with Crippen LogP contribution in [0.1, 0.15) is 42.7 Å². The Kier molecular flexibility index (Phi) is 4.89. The van der Waals surface area contributed by atoms with E-state index in [-0.39, 0.29) is 49.6 Å². The number of fused-ring (bicyclic) bond motifs is 1. The number of carbonyl (C=O) groups excluding carboxylic acids is 2. The number of hydrogen-bond donors (Lipinski definition) is 1. The fraction of sp³-hybridized carbons (Fsp3) is 0.737. The summed E-state index contributed by atoms with van der Waals surface area (Å²) >= 11 is 0. The number of rotatable bonds is 2. The van der Waals surface area contributed by atoms with Crippen LogP contribution in [-0.4, -0.2) is 88.2 Å². The van der Waals surface area contributed by atoms with Gasteiger partial charge < -0.3 is 19.7 Å². The molecule has 4 rings (SSSR count). The van der Waals surface area contributed by atoms with Crippen molar-refractivity contribution in [1.82, 2.24) is 24.7 Å². The molecular formula is C19H27F2N5O2. The molecule has 1 aromatic rings. The maximum absolute atomic E-state index is 13.6. The number of piperidine rings is 3. The predicted molar refractivity (Wildman–Crippen MR) is 98.0 cm³/mol. The number of hydrogen-bond acceptors (Lipinski definition) is 4. The molecule has 4 heterocycles. The summed E-state index contributed by atoms with van der Waals surface area (Å²) in [5, 5.41) is 0. The Morgan fingerprint density at radius 2 is 1.89 bits per heavy atom.